The molecule has 1 aliphatic rings. The number of aliphatic imine (C=N–C) groups is 1. The first-order valence-corrected chi connectivity index (χ1v) is 9.40. The summed E-state index contributed by atoms with van der Waals surface area (Å²) in [6.07, 6.45) is 1.91. The van der Waals surface area contributed by atoms with Gasteiger partial charge in [0, 0.05) is 25.5 Å². The molecule has 1 aromatic heterocycles. The summed E-state index contributed by atoms with van der Waals surface area (Å²) in [7, 11) is 5.24. The van der Waals surface area contributed by atoms with Gasteiger partial charge >= 0.3 is 0 Å². The molecule has 1 amide bonds. The van der Waals surface area contributed by atoms with Crippen LogP contribution in [0.5, 0.6) is 5.75 Å². The Morgan fingerprint density at radius 2 is 1.89 bits per heavy atom. The van der Waals surface area contributed by atoms with E-state index in [1.54, 1.807) is 19.1 Å². The zero-order chi connectivity index (χ0) is 19.4. The number of amidine groups is 1. The van der Waals surface area contributed by atoms with Crippen molar-refractivity contribution >= 4 is 34.6 Å². The number of methoxy groups -OCH3 is 2. The molecule has 0 spiro atoms. The van der Waals surface area contributed by atoms with Gasteiger partial charge in [0.1, 0.15) is 5.75 Å². The number of benzene rings is 1. The number of rotatable bonds is 6. The lowest BCUT2D eigenvalue weighted by atomic mass is 10.3. The summed E-state index contributed by atoms with van der Waals surface area (Å²) in [5.41, 5.74) is 2.89. The van der Waals surface area contributed by atoms with Crippen LogP contribution in [0.3, 0.4) is 0 Å². The molecule has 0 saturated carbocycles. The molecule has 1 fully saturated rings. The molecule has 0 bridgehead atoms. The Hall–Kier alpha value is -2.51. The molecule has 0 radical (unpaired) electrons. The van der Waals surface area contributed by atoms with Crippen LogP contribution in [0.2, 0.25) is 0 Å². The average molecular weight is 385 g/mol. The largest absolute Gasteiger partial charge is 0.497 e. The van der Waals surface area contributed by atoms with E-state index in [4.69, 9.17) is 9.47 Å². The molecule has 142 valence electrons. The predicted molar refractivity (Wildman–Crippen MR) is 109 cm³/mol. The molecule has 6 nitrogen and oxygen atoms in total. The van der Waals surface area contributed by atoms with Crippen molar-refractivity contribution < 1.29 is 14.3 Å². The fourth-order valence-corrected chi connectivity index (χ4v) is 3.66. The van der Waals surface area contributed by atoms with Gasteiger partial charge in [-0.1, -0.05) is 0 Å². The van der Waals surface area contributed by atoms with Crippen molar-refractivity contribution in [1.82, 2.24) is 9.47 Å². The highest BCUT2D eigenvalue weighted by Crippen LogP contribution is 2.34. The number of aryl methyl sites for hydroxylation is 1. The van der Waals surface area contributed by atoms with Crippen LogP contribution in [0.1, 0.15) is 11.4 Å². The van der Waals surface area contributed by atoms with Crippen LogP contribution in [-0.2, 0) is 16.6 Å². The maximum absolute atomic E-state index is 12.9. The van der Waals surface area contributed by atoms with E-state index in [0.717, 1.165) is 22.8 Å². The van der Waals surface area contributed by atoms with E-state index in [9.17, 15) is 4.79 Å². The SMILES string of the molecule is COCCN1C(=O)/C(=C/c2ccc(C)n2C)SC1=Nc1ccc(OC)cc1. The lowest BCUT2D eigenvalue weighted by Gasteiger charge is -2.14. The number of aromatic nitrogens is 1. The third-order valence-corrected chi connectivity index (χ3v) is 5.40. The van der Waals surface area contributed by atoms with Gasteiger partial charge in [-0.2, -0.15) is 0 Å². The van der Waals surface area contributed by atoms with Crippen LogP contribution in [0.15, 0.2) is 46.3 Å². The van der Waals surface area contributed by atoms with E-state index in [2.05, 4.69) is 9.56 Å². The minimum atomic E-state index is -0.0526. The van der Waals surface area contributed by atoms with Crippen molar-refractivity contribution in [2.24, 2.45) is 12.0 Å². The van der Waals surface area contributed by atoms with Gasteiger partial charge in [0.2, 0.25) is 0 Å². The lowest BCUT2D eigenvalue weighted by Crippen LogP contribution is -2.32. The number of hydrogen-bond acceptors (Lipinski definition) is 5. The molecular formula is C20H23N3O3S. The number of carbonyl (C=O) groups is 1. The second-order valence-corrected chi connectivity index (χ2v) is 7.12. The summed E-state index contributed by atoms with van der Waals surface area (Å²) in [4.78, 5) is 19.9. The van der Waals surface area contributed by atoms with E-state index >= 15 is 0 Å². The van der Waals surface area contributed by atoms with Gasteiger partial charge in [0.05, 0.1) is 30.9 Å². The summed E-state index contributed by atoms with van der Waals surface area (Å²) in [5, 5.41) is 0.652. The first-order chi connectivity index (χ1) is 13.0. The van der Waals surface area contributed by atoms with Crippen molar-refractivity contribution in [3.63, 3.8) is 0 Å². The normalized spacial score (nSPS) is 17.3. The van der Waals surface area contributed by atoms with Gasteiger partial charge in [-0.3, -0.25) is 9.69 Å². The second kappa shape index (κ2) is 8.45. The predicted octanol–water partition coefficient (Wildman–Crippen LogP) is 3.59. The molecule has 27 heavy (non-hydrogen) atoms. The van der Waals surface area contributed by atoms with Gasteiger partial charge in [0.25, 0.3) is 5.91 Å². The number of nitrogens with zero attached hydrogens (tertiary/aromatic N) is 3. The van der Waals surface area contributed by atoms with Crippen molar-refractivity contribution in [3.05, 3.63) is 52.7 Å². The van der Waals surface area contributed by atoms with Gasteiger partial charge < -0.3 is 14.0 Å². The summed E-state index contributed by atoms with van der Waals surface area (Å²) >= 11 is 1.38. The van der Waals surface area contributed by atoms with Crippen LogP contribution in [0, 0.1) is 6.92 Å². The van der Waals surface area contributed by atoms with Crippen LogP contribution in [0.4, 0.5) is 5.69 Å². The zero-order valence-corrected chi connectivity index (χ0v) is 16.7. The average Bonchev–Trinajstić information content (AvgIpc) is 3.14. The second-order valence-electron chi connectivity index (χ2n) is 6.11. The van der Waals surface area contributed by atoms with Gasteiger partial charge in [-0.15, -0.1) is 0 Å². The third-order valence-electron chi connectivity index (χ3n) is 4.39. The Morgan fingerprint density at radius 3 is 2.48 bits per heavy atom. The standard InChI is InChI=1S/C20H23N3O3S/c1-14-5-8-16(22(14)2)13-18-19(24)23(11-12-25-3)20(27-18)21-15-6-9-17(26-4)10-7-15/h5-10,13H,11-12H2,1-4H3/b18-13-,21-20?. The molecular weight excluding hydrogens is 362 g/mol. The molecule has 1 saturated heterocycles. The van der Waals surface area contributed by atoms with Crippen molar-refractivity contribution in [3.8, 4) is 5.75 Å². The van der Waals surface area contributed by atoms with Crippen LogP contribution >= 0.6 is 11.8 Å². The topological polar surface area (TPSA) is 56.1 Å². The highest BCUT2D eigenvalue weighted by molar-refractivity contribution is 8.18. The van der Waals surface area contributed by atoms with Crippen molar-refractivity contribution in [2.75, 3.05) is 27.4 Å². The molecule has 1 aromatic carbocycles. The molecule has 0 unspecified atom stereocenters. The quantitative estimate of drug-likeness (QED) is 0.713. The Bertz CT molecular complexity index is 884. The van der Waals surface area contributed by atoms with Crippen molar-refractivity contribution in [2.45, 2.75) is 6.92 Å². The number of ether oxygens (including phenoxy) is 2. The number of amides is 1. The molecule has 1 aliphatic heterocycles. The highest BCUT2D eigenvalue weighted by Gasteiger charge is 2.33. The molecule has 0 aliphatic carbocycles. The molecule has 7 heteroatoms. The Labute approximate surface area is 163 Å². The monoisotopic (exact) mass is 385 g/mol. The minimum absolute atomic E-state index is 0.0526. The Kier molecular flexibility index (Phi) is 6.03. The maximum atomic E-state index is 12.9. The third kappa shape index (κ3) is 4.26. The van der Waals surface area contributed by atoms with Crippen LogP contribution in [0.25, 0.3) is 6.08 Å². The van der Waals surface area contributed by atoms with E-state index < -0.39 is 0 Å². The molecule has 2 aromatic rings. The van der Waals surface area contributed by atoms with Crippen LogP contribution in [-0.4, -0.2) is 47.9 Å². The van der Waals surface area contributed by atoms with Gasteiger partial charge in [-0.05, 0) is 61.2 Å². The summed E-state index contributed by atoms with van der Waals surface area (Å²) < 4.78 is 12.4. The minimum Gasteiger partial charge on any atom is -0.497 e. The van der Waals surface area contributed by atoms with Crippen LogP contribution < -0.4 is 4.74 Å². The van der Waals surface area contributed by atoms with Crippen molar-refractivity contribution in [1.29, 1.82) is 0 Å². The first kappa shape index (κ1) is 19.3. The van der Waals surface area contributed by atoms with Gasteiger partial charge in [-0.25, -0.2) is 4.99 Å². The van der Waals surface area contributed by atoms with E-state index in [1.165, 1.54) is 11.8 Å². The molecule has 2 heterocycles. The highest BCUT2D eigenvalue weighted by atomic mass is 32.2. The first-order valence-electron chi connectivity index (χ1n) is 8.59. The Balaban J connectivity index is 1.92. The zero-order valence-electron chi connectivity index (χ0n) is 15.9. The number of thioether (sulfide) groups is 1. The lowest BCUT2D eigenvalue weighted by molar-refractivity contribution is -0.122. The maximum Gasteiger partial charge on any atom is 0.266 e. The summed E-state index contributed by atoms with van der Waals surface area (Å²) in [6, 6.07) is 11.5. The van der Waals surface area contributed by atoms with E-state index in [0.29, 0.717) is 23.2 Å². The van der Waals surface area contributed by atoms with Gasteiger partial charge in [0.15, 0.2) is 5.17 Å². The van der Waals surface area contributed by atoms with E-state index in [-0.39, 0.29) is 5.91 Å². The number of hydrogen-bond donors (Lipinski definition) is 0. The Morgan fingerprint density at radius 1 is 1.15 bits per heavy atom. The molecule has 0 N–H and O–H groups in total. The smallest absolute Gasteiger partial charge is 0.266 e. The fraction of sp³-hybridized carbons (Fsp3) is 0.300. The molecule has 3 rings (SSSR count). The van der Waals surface area contributed by atoms with E-state index in [1.807, 2.05) is 56.4 Å². The summed E-state index contributed by atoms with van der Waals surface area (Å²) in [5.74, 6) is 0.716. The molecule has 0 atom stereocenters. The summed E-state index contributed by atoms with van der Waals surface area (Å²) in [6.45, 7) is 2.94. The fourth-order valence-electron chi connectivity index (χ4n) is 2.65. The number of carbonyl (C=O) groups excluding carboxylic acids is 1.